The number of anilines is 1. The molecule has 0 aromatic heterocycles. The molecule has 0 radical (unpaired) electrons. The molecule has 7 N–H and O–H groups in total. The molecule has 2 aliphatic heterocycles. The number of benzene rings is 2. The van der Waals surface area contributed by atoms with E-state index in [1.165, 1.54) is 40.9 Å². The fourth-order valence-corrected chi connectivity index (χ4v) is 14.0. The molecule has 2 aromatic carbocycles. The van der Waals surface area contributed by atoms with Crippen molar-refractivity contribution >= 4 is 88.4 Å². The van der Waals surface area contributed by atoms with Gasteiger partial charge in [-0.05, 0) is 91.7 Å². The van der Waals surface area contributed by atoms with E-state index < -0.39 is 114 Å². The normalized spacial score (nSPS) is 17.1. The van der Waals surface area contributed by atoms with Gasteiger partial charge in [0.1, 0.15) is 6.61 Å². The molecule has 28 heteroatoms. The Labute approximate surface area is 606 Å². The molecule has 0 aliphatic carbocycles. The van der Waals surface area contributed by atoms with Crippen LogP contribution in [-0.4, -0.2) is 221 Å². The van der Waals surface area contributed by atoms with E-state index in [2.05, 4.69) is 34.4 Å². The molecule has 102 heavy (non-hydrogen) atoms. The second-order valence-electron chi connectivity index (χ2n) is 27.7. The number of nitrogens with zero attached hydrogens (tertiary/aromatic N) is 6. The summed E-state index contributed by atoms with van der Waals surface area (Å²) in [5.74, 6) is -7.43. The molecule has 12 atom stereocenters. The average Bonchev–Trinajstić information content (AvgIpc) is 1.43. The minimum Gasteiger partial charge on any atom is -0.445 e. The molecule has 566 valence electrons. The lowest BCUT2D eigenvalue weighted by Crippen LogP contribution is -2.59. The Kier molecular flexibility index (Phi) is 35.8. The van der Waals surface area contributed by atoms with Crippen molar-refractivity contribution in [2.24, 2.45) is 47.2 Å². The van der Waals surface area contributed by atoms with Crippen molar-refractivity contribution in [3.05, 3.63) is 91.0 Å². The van der Waals surface area contributed by atoms with Crippen LogP contribution in [0.2, 0.25) is 0 Å². The first-order chi connectivity index (χ1) is 48.2. The van der Waals surface area contributed by atoms with Gasteiger partial charge in [-0.15, -0.1) is 0 Å². The summed E-state index contributed by atoms with van der Waals surface area (Å²) in [7, 11) is 6.17. The molecule has 0 saturated carbocycles. The molecule has 2 heterocycles. The first kappa shape index (κ1) is 86.2. The zero-order chi connectivity index (χ0) is 76.2. The second kappa shape index (κ2) is 42.4. The number of primary amides is 1. The SMILES string of the molecule is C=CC(=O)N1CN(C(=O)C=C)CN(C(=O)CCSCC(=O)N[C@H](C(=O)C[C@@H](CCCNC(N)=O)C(=O)Nc2ccc(COC(=O)N(C)[C@H](C(=O)C[C@H](C(=O)N(C)[C@@H]([C@H](C)CC)[C@@H](CC(=O)N3CCC[C@H]3[C@H](OC)[C@@H](C)C(=O)N[C@H](C)[C@@H](O)c3ccccc3)OC)C(C)C)C(C)C)cc2)C(C)C)C1. The zero-order valence-electron chi connectivity index (χ0n) is 62.2. The number of hydrogen-bond donors (Lipinski definition) is 6. The van der Waals surface area contributed by atoms with Crippen LogP contribution in [0.5, 0.6) is 0 Å². The van der Waals surface area contributed by atoms with Crippen molar-refractivity contribution in [3.8, 4) is 0 Å². The Morgan fingerprint density at radius 1 is 0.735 bits per heavy atom. The summed E-state index contributed by atoms with van der Waals surface area (Å²) >= 11 is 1.16. The number of amides is 11. The topological polar surface area (TPSA) is 346 Å². The lowest BCUT2D eigenvalue weighted by atomic mass is 9.83. The minimum absolute atomic E-state index is 0.0108. The highest BCUT2D eigenvalue weighted by Gasteiger charge is 2.44. The summed E-state index contributed by atoms with van der Waals surface area (Å²) in [4.78, 5) is 171. The number of hydrogen-bond acceptors (Lipinski definition) is 17. The third-order valence-corrected chi connectivity index (χ3v) is 20.2. The quantitative estimate of drug-likeness (QED) is 0.0300. The maximum Gasteiger partial charge on any atom is 0.410 e. The van der Waals surface area contributed by atoms with Crippen LogP contribution in [0.15, 0.2) is 79.9 Å². The number of aliphatic hydroxyl groups is 1. The highest BCUT2D eigenvalue weighted by molar-refractivity contribution is 7.99. The highest BCUT2D eigenvalue weighted by Crippen LogP contribution is 2.32. The average molecular weight is 1440 g/mol. The van der Waals surface area contributed by atoms with Gasteiger partial charge in [-0.3, -0.25) is 47.9 Å². The number of thioether (sulfide) groups is 1. The van der Waals surface area contributed by atoms with Gasteiger partial charge in [-0.2, -0.15) is 11.8 Å². The molecule has 0 unspecified atom stereocenters. The van der Waals surface area contributed by atoms with E-state index >= 15 is 0 Å². The van der Waals surface area contributed by atoms with Gasteiger partial charge in [0.2, 0.25) is 47.3 Å². The van der Waals surface area contributed by atoms with Gasteiger partial charge in [0, 0.05) is 83.9 Å². The fourth-order valence-electron chi connectivity index (χ4n) is 13.2. The number of ketones is 2. The van der Waals surface area contributed by atoms with Gasteiger partial charge in [0.25, 0.3) is 0 Å². The third-order valence-electron chi connectivity index (χ3n) is 19.3. The predicted octanol–water partition coefficient (Wildman–Crippen LogP) is 6.64. The van der Waals surface area contributed by atoms with Gasteiger partial charge in [-0.25, -0.2) is 9.59 Å². The van der Waals surface area contributed by atoms with E-state index in [0.29, 0.717) is 42.6 Å². The summed E-state index contributed by atoms with van der Waals surface area (Å²) in [5.41, 5.74) is 6.84. The monoisotopic (exact) mass is 1440 g/mol. The number of aliphatic hydroxyl groups excluding tert-OH is 1. The van der Waals surface area contributed by atoms with Gasteiger partial charge >= 0.3 is 12.1 Å². The molecule has 4 rings (SSSR count). The Bertz CT molecular complexity index is 3150. The summed E-state index contributed by atoms with van der Waals surface area (Å²) in [6, 6.07) is 11.2. The molecule has 2 fully saturated rings. The standard InChI is InChI=1S/C74H113N11O16S/c1-17-48(10)67(59(99-15)39-64(92)85-35-24-28-56(85)69(100-16)49(11)70(94)77-50(12)68(93)52-25-21-20-22-26-52)80(13)72(96)55(45(4)5)38-58(87)66(47(8)9)81(14)74(98)101-40-51-29-31-54(32-30-51)78-71(95)53(27-23-34-76-73(75)97)37-57(86)65(46(6)7)79-60(88)41-102-36-33-63(91)84-43-82(61(89)18-2)42-83(44-84)62(90)19-3/h18-22,25-26,29-32,45-50,53,55-56,59,65-69,93H,2-3,17,23-24,27-28,33-44H2,1,4-16H3,(H,77,94)(H,78,95)(H,79,88)(H3,75,76,97)/t48-,49-,50-,53-,55+,56+,59-,65+,66+,67+,68-,69-/m1/s1. The van der Waals surface area contributed by atoms with Crippen LogP contribution in [-0.2, 0) is 68.8 Å². The smallest absolute Gasteiger partial charge is 0.410 e. The lowest BCUT2D eigenvalue weighted by molar-refractivity contribution is -0.154. The number of ether oxygens (including phenoxy) is 3. The Hall–Kier alpha value is -8.21. The van der Waals surface area contributed by atoms with Crippen molar-refractivity contribution < 1.29 is 76.9 Å². The molecule has 27 nitrogen and oxygen atoms in total. The van der Waals surface area contributed by atoms with Crippen molar-refractivity contribution in [2.45, 2.75) is 182 Å². The number of carbonyl (C=O) groups is 12. The maximum atomic E-state index is 14.9. The van der Waals surface area contributed by atoms with Crippen LogP contribution < -0.4 is 27.0 Å². The summed E-state index contributed by atoms with van der Waals surface area (Å²) in [6.07, 6.45) is 0.823. The van der Waals surface area contributed by atoms with Crippen LogP contribution >= 0.6 is 11.8 Å². The van der Waals surface area contributed by atoms with Crippen molar-refractivity contribution in [2.75, 3.05) is 78.2 Å². The number of rotatable bonds is 41. The molecular formula is C74H113N11O16S. The fraction of sp³-hybridized carbons (Fsp3) is 0.622. The number of urea groups is 1. The number of nitrogens with two attached hydrogens (primary N) is 1. The van der Waals surface area contributed by atoms with E-state index in [-0.39, 0.29) is 130 Å². The molecule has 2 saturated heterocycles. The minimum atomic E-state index is -0.986. The largest absolute Gasteiger partial charge is 0.445 e. The van der Waals surface area contributed by atoms with E-state index in [1.54, 1.807) is 94.8 Å². The number of methoxy groups -OCH3 is 2. The van der Waals surface area contributed by atoms with Crippen molar-refractivity contribution in [1.82, 2.24) is 45.3 Å². The van der Waals surface area contributed by atoms with E-state index in [9.17, 15) is 62.6 Å². The molecule has 11 amide bonds. The summed E-state index contributed by atoms with van der Waals surface area (Å²) < 4.78 is 17.8. The van der Waals surface area contributed by atoms with Gasteiger partial charge in [0.05, 0.1) is 86.6 Å². The number of likely N-dealkylation sites (N-methyl/N-ethyl adjacent to an activating group) is 2. The molecular weight excluding hydrogens is 1330 g/mol. The van der Waals surface area contributed by atoms with Gasteiger partial charge < -0.3 is 75.7 Å². The van der Waals surface area contributed by atoms with E-state index in [0.717, 1.165) is 23.9 Å². The number of Topliss-reactive ketones (excluding diaryl/α,β-unsaturated/α-hetero) is 2. The summed E-state index contributed by atoms with van der Waals surface area (Å²) in [5, 5.41) is 22.1. The van der Waals surface area contributed by atoms with Gasteiger partial charge in [-0.1, -0.05) is 124 Å². The molecule has 0 bridgehead atoms. The zero-order valence-corrected chi connectivity index (χ0v) is 63.0. The Morgan fingerprint density at radius 2 is 1.35 bits per heavy atom. The van der Waals surface area contributed by atoms with Gasteiger partial charge in [0.15, 0.2) is 11.6 Å². The van der Waals surface area contributed by atoms with Crippen molar-refractivity contribution in [1.29, 1.82) is 0 Å². The summed E-state index contributed by atoms with van der Waals surface area (Å²) in [6.45, 7) is 25.5. The molecule has 2 aliphatic rings. The molecule has 0 spiro atoms. The van der Waals surface area contributed by atoms with Crippen molar-refractivity contribution in [3.63, 3.8) is 0 Å². The van der Waals surface area contributed by atoms with Crippen LogP contribution in [0.3, 0.4) is 0 Å². The number of carbonyl (C=O) groups excluding carboxylic acids is 12. The van der Waals surface area contributed by atoms with Crippen LogP contribution in [0.1, 0.15) is 144 Å². The molecule has 2 aromatic rings. The first-order valence-electron chi connectivity index (χ1n) is 35.3. The lowest BCUT2D eigenvalue weighted by Gasteiger charge is -2.41. The van der Waals surface area contributed by atoms with Crippen LogP contribution in [0, 0.1) is 41.4 Å². The first-order valence-corrected chi connectivity index (χ1v) is 36.4. The second-order valence-corrected chi connectivity index (χ2v) is 28.8. The number of nitrogens with one attached hydrogen (secondary N) is 4. The van der Waals surface area contributed by atoms with Crippen LogP contribution in [0.25, 0.3) is 0 Å². The Morgan fingerprint density at radius 3 is 1.90 bits per heavy atom. The van der Waals surface area contributed by atoms with Crippen LogP contribution in [0.4, 0.5) is 15.3 Å². The Balaban J connectivity index is 1.37. The maximum absolute atomic E-state index is 14.9. The predicted molar refractivity (Wildman–Crippen MR) is 389 cm³/mol. The third kappa shape index (κ3) is 25.3. The number of likely N-dealkylation sites (tertiary alicyclic amines) is 1. The van der Waals surface area contributed by atoms with E-state index in [4.69, 9.17) is 19.9 Å². The highest BCUT2D eigenvalue weighted by atomic mass is 32.2. The van der Waals surface area contributed by atoms with E-state index in [1.807, 2.05) is 45.9 Å².